The van der Waals surface area contributed by atoms with Gasteiger partial charge in [-0.3, -0.25) is 0 Å². The normalized spacial score (nSPS) is 14.3. The van der Waals surface area contributed by atoms with Crippen molar-refractivity contribution in [3.8, 4) is 11.1 Å². The summed E-state index contributed by atoms with van der Waals surface area (Å²) in [6.45, 7) is 1.49. The Morgan fingerprint density at radius 1 is 0.895 bits per heavy atom. The van der Waals surface area contributed by atoms with Crippen molar-refractivity contribution in [2.24, 2.45) is 0 Å². The van der Waals surface area contributed by atoms with Gasteiger partial charge in [0.15, 0.2) is 11.6 Å². The minimum Gasteiger partial charge on any atom is -0.312 e. The summed E-state index contributed by atoms with van der Waals surface area (Å²) < 4.78 is 40.2. The number of nitrogens with one attached hydrogen (secondary N) is 1. The smallest absolute Gasteiger partial charge is 0.161 e. The first-order valence-electron chi connectivity index (χ1n) is 6.13. The molecule has 1 heterocycles. The maximum atomic E-state index is 13.9. The van der Waals surface area contributed by atoms with E-state index in [1.807, 2.05) is 12.1 Å². The van der Waals surface area contributed by atoms with Crippen LogP contribution in [0.3, 0.4) is 0 Å². The zero-order chi connectivity index (χ0) is 13.4. The quantitative estimate of drug-likeness (QED) is 0.777. The number of fused-ring (bicyclic) bond motifs is 1. The van der Waals surface area contributed by atoms with Gasteiger partial charge in [0, 0.05) is 18.2 Å². The van der Waals surface area contributed by atoms with E-state index in [2.05, 4.69) is 5.32 Å². The minimum atomic E-state index is -1.16. The zero-order valence-corrected chi connectivity index (χ0v) is 10.1. The van der Waals surface area contributed by atoms with Crippen molar-refractivity contribution in [1.82, 2.24) is 5.32 Å². The van der Waals surface area contributed by atoms with E-state index in [0.29, 0.717) is 18.2 Å². The molecule has 0 fully saturated rings. The average Bonchev–Trinajstić information content (AvgIpc) is 2.42. The van der Waals surface area contributed by atoms with Crippen LogP contribution in [-0.2, 0) is 13.0 Å². The van der Waals surface area contributed by atoms with Gasteiger partial charge in [-0.25, -0.2) is 13.2 Å². The molecule has 2 aromatic carbocycles. The number of halogens is 3. The maximum absolute atomic E-state index is 13.9. The van der Waals surface area contributed by atoms with Gasteiger partial charge < -0.3 is 5.32 Å². The minimum absolute atomic E-state index is 0.111. The Kier molecular flexibility index (Phi) is 3.03. The van der Waals surface area contributed by atoms with Crippen LogP contribution in [0.2, 0.25) is 0 Å². The highest BCUT2D eigenvalue weighted by atomic mass is 19.2. The highest BCUT2D eigenvalue weighted by Gasteiger charge is 2.17. The van der Waals surface area contributed by atoms with Crippen LogP contribution < -0.4 is 5.32 Å². The van der Waals surface area contributed by atoms with E-state index in [0.717, 1.165) is 30.2 Å². The molecule has 19 heavy (non-hydrogen) atoms. The fourth-order valence-electron chi connectivity index (χ4n) is 2.50. The van der Waals surface area contributed by atoms with Gasteiger partial charge in [0.05, 0.1) is 0 Å². The van der Waals surface area contributed by atoms with Crippen LogP contribution in [0.4, 0.5) is 13.2 Å². The van der Waals surface area contributed by atoms with Crippen LogP contribution >= 0.6 is 0 Å². The Balaban J connectivity index is 2.20. The van der Waals surface area contributed by atoms with Crippen LogP contribution in [0.1, 0.15) is 11.1 Å². The van der Waals surface area contributed by atoms with Crippen LogP contribution in [0.15, 0.2) is 30.3 Å². The predicted molar refractivity (Wildman–Crippen MR) is 67.2 cm³/mol. The van der Waals surface area contributed by atoms with Gasteiger partial charge in [0.2, 0.25) is 0 Å². The van der Waals surface area contributed by atoms with Crippen molar-refractivity contribution in [2.45, 2.75) is 13.0 Å². The molecule has 1 aliphatic rings. The monoisotopic (exact) mass is 263 g/mol. The maximum Gasteiger partial charge on any atom is 0.161 e. The highest BCUT2D eigenvalue weighted by Crippen LogP contribution is 2.31. The van der Waals surface area contributed by atoms with E-state index in [9.17, 15) is 13.2 Å². The Morgan fingerprint density at radius 3 is 2.53 bits per heavy atom. The lowest BCUT2D eigenvalue weighted by molar-refractivity contribution is 0.496. The Hall–Kier alpha value is -1.81. The second-order valence-electron chi connectivity index (χ2n) is 4.62. The van der Waals surface area contributed by atoms with Gasteiger partial charge in [-0.1, -0.05) is 18.2 Å². The summed E-state index contributed by atoms with van der Waals surface area (Å²) in [7, 11) is 0. The Morgan fingerprint density at radius 2 is 1.68 bits per heavy atom. The molecule has 0 aromatic heterocycles. The largest absolute Gasteiger partial charge is 0.312 e. The van der Waals surface area contributed by atoms with E-state index in [1.165, 1.54) is 0 Å². The SMILES string of the molecule is Fc1cc(F)c(-c2cccc3c2CNCC3)cc1F. The molecule has 0 saturated heterocycles. The van der Waals surface area contributed by atoms with Crippen LogP contribution in [-0.4, -0.2) is 6.54 Å². The first-order valence-corrected chi connectivity index (χ1v) is 6.13. The van der Waals surface area contributed by atoms with Gasteiger partial charge in [0.1, 0.15) is 5.82 Å². The van der Waals surface area contributed by atoms with Crippen molar-refractivity contribution in [3.63, 3.8) is 0 Å². The molecule has 0 spiro atoms. The molecular formula is C15H12F3N. The second-order valence-corrected chi connectivity index (χ2v) is 4.62. The number of hydrogen-bond donors (Lipinski definition) is 1. The molecule has 3 rings (SSSR count). The predicted octanol–water partition coefficient (Wildman–Crippen LogP) is 3.42. The summed E-state index contributed by atoms with van der Waals surface area (Å²) in [6.07, 6.45) is 0.856. The molecule has 0 saturated carbocycles. The molecular weight excluding hydrogens is 251 g/mol. The summed E-state index contributed by atoms with van der Waals surface area (Å²) in [5.41, 5.74) is 2.82. The van der Waals surface area contributed by atoms with Crippen molar-refractivity contribution in [3.05, 3.63) is 58.9 Å². The first kappa shape index (κ1) is 12.2. The Labute approximate surface area is 109 Å². The lowest BCUT2D eigenvalue weighted by atomic mass is 9.91. The van der Waals surface area contributed by atoms with Gasteiger partial charge in [-0.2, -0.15) is 0 Å². The third-order valence-electron chi connectivity index (χ3n) is 3.45. The molecule has 1 aliphatic heterocycles. The standard InChI is InChI=1S/C15H12F3N/c16-13-7-15(18)14(17)6-11(13)10-3-1-2-9-4-5-19-8-12(9)10/h1-3,6-7,19H,4-5,8H2. The van der Waals surface area contributed by atoms with E-state index < -0.39 is 17.5 Å². The van der Waals surface area contributed by atoms with Gasteiger partial charge >= 0.3 is 0 Å². The topological polar surface area (TPSA) is 12.0 Å². The highest BCUT2D eigenvalue weighted by molar-refractivity contribution is 5.69. The summed E-state index contributed by atoms with van der Waals surface area (Å²) in [6, 6.07) is 7.06. The van der Waals surface area contributed by atoms with Crippen LogP contribution in [0, 0.1) is 17.5 Å². The van der Waals surface area contributed by atoms with Crippen LogP contribution in [0.5, 0.6) is 0 Å². The van der Waals surface area contributed by atoms with Crippen LogP contribution in [0.25, 0.3) is 11.1 Å². The molecule has 98 valence electrons. The summed E-state index contributed by atoms with van der Waals surface area (Å²) in [5.74, 6) is -2.93. The molecule has 0 bridgehead atoms. The lowest BCUT2D eigenvalue weighted by Gasteiger charge is -2.20. The number of hydrogen-bond acceptors (Lipinski definition) is 1. The van der Waals surface area contributed by atoms with E-state index in [-0.39, 0.29) is 5.56 Å². The van der Waals surface area contributed by atoms with E-state index >= 15 is 0 Å². The van der Waals surface area contributed by atoms with Gasteiger partial charge in [0.25, 0.3) is 0 Å². The molecule has 0 radical (unpaired) electrons. The second kappa shape index (κ2) is 4.70. The molecule has 1 nitrogen and oxygen atoms in total. The fourth-order valence-corrected chi connectivity index (χ4v) is 2.50. The first-order chi connectivity index (χ1) is 9.16. The molecule has 2 aromatic rings. The van der Waals surface area contributed by atoms with E-state index in [4.69, 9.17) is 0 Å². The molecule has 0 atom stereocenters. The third-order valence-corrected chi connectivity index (χ3v) is 3.45. The van der Waals surface area contributed by atoms with Crippen molar-refractivity contribution < 1.29 is 13.2 Å². The van der Waals surface area contributed by atoms with E-state index in [1.54, 1.807) is 6.07 Å². The van der Waals surface area contributed by atoms with Gasteiger partial charge in [-0.05, 0) is 35.7 Å². The summed E-state index contributed by atoms with van der Waals surface area (Å²) in [5, 5.41) is 3.21. The molecule has 0 amide bonds. The third kappa shape index (κ3) is 2.12. The summed E-state index contributed by atoms with van der Waals surface area (Å²) >= 11 is 0. The summed E-state index contributed by atoms with van der Waals surface area (Å²) in [4.78, 5) is 0. The van der Waals surface area contributed by atoms with Crippen molar-refractivity contribution >= 4 is 0 Å². The van der Waals surface area contributed by atoms with Crippen molar-refractivity contribution in [2.75, 3.05) is 6.54 Å². The molecule has 0 aliphatic carbocycles. The van der Waals surface area contributed by atoms with Gasteiger partial charge in [-0.15, -0.1) is 0 Å². The Bertz CT molecular complexity index is 638. The fraction of sp³-hybridized carbons (Fsp3) is 0.200. The lowest BCUT2D eigenvalue weighted by Crippen LogP contribution is -2.24. The average molecular weight is 263 g/mol. The van der Waals surface area contributed by atoms with Crippen molar-refractivity contribution in [1.29, 1.82) is 0 Å². The molecule has 1 N–H and O–H groups in total. The molecule has 0 unspecified atom stereocenters. The molecule has 4 heteroatoms. The zero-order valence-electron chi connectivity index (χ0n) is 10.1. The number of rotatable bonds is 1. The number of benzene rings is 2.